The van der Waals surface area contributed by atoms with E-state index in [9.17, 15) is 4.79 Å². The van der Waals surface area contributed by atoms with E-state index >= 15 is 0 Å². The molecule has 0 aromatic heterocycles. The topological polar surface area (TPSA) is 55.1 Å². The van der Waals surface area contributed by atoms with Crippen molar-refractivity contribution in [3.8, 4) is 0 Å². The first-order chi connectivity index (χ1) is 9.20. The Hall–Kier alpha value is -1.35. The number of carbonyl (C=O) groups is 1. The third kappa shape index (κ3) is 3.80. The summed E-state index contributed by atoms with van der Waals surface area (Å²) in [6.45, 7) is 2.60. The fourth-order valence-corrected chi connectivity index (χ4v) is 2.88. The van der Waals surface area contributed by atoms with Crippen LogP contribution in [0.5, 0.6) is 0 Å². The number of amides is 1. The van der Waals surface area contributed by atoms with Crippen molar-refractivity contribution in [1.29, 1.82) is 0 Å². The summed E-state index contributed by atoms with van der Waals surface area (Å²) in [6.07, 6.45) is 6.42. The van der Waals surface area contributed by atoms with Crippen molar-refractivity contribution in [1.82, 2.24) is 5.32 Å². The van der Waals surface area contributed by atoms with Gasteiger partial charge in [0.2, 0.25) is 0 Å². The van der Waals surface area contributed by atoms with Gasteiger partial charge in [0.1, 0.15) is 0 Å². The molecule has 1 aliphatic rings. The van der Waals surface area contributed by atoms with Crippen LogP contribution in [0.4, 0.5) is 0 Å². The smallest absolute Gasteiger partial charge is 0.251 e. The van der Waals surface area contributed by atoms with Crippen LogP contribution >= 0.6 is 0 Å². The van der Waals surface area contributed by atoms with Gasteiger partial charge in [-0.3, -0.25) is 4.79 Å². The molecule has 1 fully saturated rings. The van der Waals surface area contributed by atoms with Crippen molar-refractivity contribution in [3.05, 3.63) is 35.4 Å². The van der Waals surface area contributed by atoms with Crippen LogP contribution in [0.3, 0.4) is 0 Å². The molecule has 1 aromatic carbocycles. The Balaban J connectivity index is 1.95. The average Bonchev–Trinajstić information content (AvgIpc) is 2.48. The van der Waals surface area contributed by atoms with E-state index < -0.39 is 0 Å². The second kappa shape index (κ2) is 6.71. The molecule has 1 aromatic rings. The van der Waals surface area contributed by atoms with Gasteiger partial charge in [0.15, 0.2) is 0 Å². The number of nitrogens with two attached hydrogens (primary N) is 1. The van der Waals surface area contributed by atoms with Gasteiger partial charge in [-0.25, -0.2) is 0 Å². The summed E-state index contributed by atoms with van der Waals surface area (Å²) in [5.41, 5.74) is 7.32. The van der Waals surface area contributed by atoms with Crippen LogP contribution in [0.15, 0.2) is 24.3 Å². The highest BCUT2D eigenvalue weighted by Gasteiger charge is 2.21. The Morgan fingerprint density at radius 3 is 2.79 bits per heavy atom. The summed E-state index contributed by atoms with van der Waals surface area (Å²) < 4.78 is 0. The molecule has 0 saturated heterocycles. The van der Waals surface area contributed by atoms with Crippen LogP contribution in [0.1, 0.15) is 54.9 Å². The second-order valence-corrected chi connectivity index (χ2v) is 5.56. The molecule has 1 aliphatic carbocycles. The van der Waals surface area contributed by atoms with Crippen LogP contribution in [0.25, 0.3) is 0 Å². The molecule has 19 heavy (non-hydrogen) atoms. The number of rotatable bonds is 4. The highest BCUT2D eigenvalue weighted by atomic mass is 16.1. The van der Waals surface area contributed by atoms with E-state index in [4.69, 9.17) is 5.73 Å². The summed E-state index contributed by atoms with van der Waals surface area (Å²) in [4.78, 5) is 12.2. The van der Waals surface area contributed by atoms with Gasteiger partial charge in [0.25, 0.3) is 5.91 Å². The van der Waals surface area contributed by atoms with E-state index in [1.54, 1.807) is 0 Å². The van der Waals surface area contributed by atoms with E-state index in [1.165, 1.54) is 32.1 Å². The standard InChI is InChI=1S/C16H24N2O/c1-12(14-7-3-2-4-8-14)18-16(19)15-9-5-6-13(10-15)11-17/h5-6,9-10,12,14H,2-4,7-8,11,17H2,1H3,(H,18,19). The zero-order valence-corrected chi connectivity index (χ0v) is 11.7. The molecular weight excluding hydrogens is 236 g/mol. The van der Waals surface area contributed by atoms with Gasteiger partial charge in [-0.15, -0.1) is 0 Å². The quantitative estimate of drug-likeness (QED) is 0.874. The Morgan fingerprint density at radius 1 is 1.37 bits per heavy atom. The molecule has 0 bridgehead atoms. The molecule has 1 atom stereocenters. The molecule has 3 N–H and O–H groups in total. The van der Waals surface area contributed by atoms with E-state index in [-0.39, 0.29) is 11.9 Å². The molecule has 0 aliphatic heterocycles. The molecule has 0 heterocycles. The SMILES string of the molecule is CC(NC(=O)c1cccc(CN)c1)C1CCCCC1. The fraction of sp³-hybridized carbons (Fsp3) is 0.562. The first-order valence-corrected chi connectivity index (χ1v) is 7.30. The fourth-order valence-electron chi connectivity index (χ4n) is 2.88. The van der Waals surface area contributed by atoms with Gasteiger partial charge in [-0.2, -0.15) is 0 Å². The molecular formula is C16H24N2O. The number of hydrogen-bond acceptors (Lipinski definition) is 2. The Labute approximate surface area is 115 Å². The summed E-state index contributed by atoms with van der Waals surface area (Å²) in [7, 11) is 0. The molecule has 1 amide bonds. The van der Waals surface area contributed by atoms with Gasteiger partial charge in [0, 0.05) is 18.2 Å². The number of benzene rings is 1. The predicted molar refractivity (Wildman–Crippen MR) is 77.8 cm³/mol. The molecule has 2 rings (SSSR count). The summed E-state index contributed by atoms with van der Waals surface area (Å²) in [5, 5.41) is 3.14. The van der Waals surface area contributed by atoms with Crippen molar-refractivity contribution in [3.63, 3.8) is 0 Å². The normalized spacial score (nSPS) is 18.0. The minimum absolute atomic E-state index is 0.0216. The van der Waals surface area contributed by atoms with Crippen LogP contribution in [0, 0.1) is 5.92 Å². The summed E-state index contributed by atoms with van der Waals surface area (Å²) in [6, 6.07) is 7.82. The third-order valence-corrected chi connectivity index (χ3v) is 4.14. The maximum atomic E-state index is 12.2. The van der Waals surface area contributed by atoms with E-state index in [1.807, 2.05) is 24.3 Å². The van der Waals surface area contributed by atoms with Crippen LogP contribution in [-0.4, -0.2) is 11.9 Å². The van der Waals surface area contributed by atoms with Crippen molar-refractivity contribution < 1.29 is 4.79 Å². The lowest BCUT2D eigenvalue weighted by Crippen LogP contribution is -2.38. The van der Waals surface area contributed by atoms with Gasteiger partial charge < -0.3 is 11.1 Å². The maximum Gasteiger partial charge on any atom is 0.251 e. The molecule has 3 nitrogen and oxygen atoms in total. The average molecular weight is 260 g/mol. The van der Waals surface area contributed by atoms with E-state index in [0.717, 1.165) is 5.56 Å². The van der Waals surface area contributed by atoms with Gasteiger partial charge in [-0.1, -0.05) is 31.4 Å². The lowest BCUT2D eigenvalue weighted by molar-refractivity contribution is 0.0919. The monoisotopic (exact) mass is 260 g/mol. The lowest BCUT2D eigenvalue weighted by atomic mass is 9.84. The van der Waals surface area contributed by atoms with Crippen molar-refractivity contribution in [2.24, 2.45) is 11.7 Å². The number of hydrogen-bond donors (Lipinski definition) is 2. The molecule has 0 spiro atoms. The van der Waals surface area contributed by atoms with Crippen LogP contribution < -0.4 is 11.1 Å². The highest BCUT2D eigenvalue weighted by molar-refractivity contribution is 5.94. The van der Waals surface area contributed by atoms with Gasteiger partial charge in [-0.05, 0) is 43.4 Å². The van der Waals surface area contributed by atoms with E-state index in [2.05, 4.69) is 12.2 Å². The van der Waals surface area contributed by atoms with Gasteiger partial charge in [0.05, 0.1) is 0 Å². The first-order valence-electron chi connectivity index (χ1n) is 7.30. The Kier molecular flexibility index (Phi) is 4.97. The van der Waals surface area contributed by atoms with Gasteiger partial charge >= 0.3 is 0 Å². The molecule has 1 unspecified atom stereocenters. The summed E-state index contributed by atoms with van der Waals surface area (Å²) >= 11 is 0. The van der Waals surface area contributed by atoms with Crippen molar-refractivity contribution in [2.75, 3.05) is 0 Å². The lowest BCUT2D eigenvalue weighted by Gasteiger charge is -2.28. The minimum atomic E-state index is 0.0216. The summed E-state index contributed by atoms with van der Waals surface area (Å²) in [5.74, 6) is 0.656. The zero-order valence-electron chi connectivity index (χ0n) is 11.7. The second-order valence-electron chi connectivity index (χ2n) is 5.56. The molecule has 3 heteroatoms. The van der Waals surface area contributed by atoms with Crippen molar-refractivity contribution in [2.45, 2.75) is 51.6 Å². The highest BCUT2D eigenvalue weighted by Crippen LogP contribution is 2.26. The largest absolute Gasteiger partial charge is 0.349 e. The zero-order chi connectivity index (χ0) is 13.7. The Morgan fingerprint density at radius 2 is 2.11 bits per heavy atom. The molecule has 0 radical (unpaired) electrons. The maximum absolute atomic E-state index is 12.2. The third-order valence-electron chi connectivity index (χ3n) is 4.14. The predicted octanol–water partition coefficient (Wildman–Crippen LogP) is 2.84. The molecule has 104 valence electrons. The Bertz CT molecular complexity index is 425. The first kappa shape index (κ1) is 14.1. The van der Waals surface area contributed by atoms with E-state index in [0.29, 0.717) is 18.0 Å². The number of carbonyl (C=O) groups excluding carboxylic acids is 1. The number of nitrogens with one attached hydrogen (secondary N) is 1. The van der Waals surface area contributed by atoms with Crippen LogP contribution in [-0.2, 0) is 6.54 Å². The minimum Gasteiger partial charge on any atom is -0.349 e. The van der Waals surface area contributed by atoms with Crippen LogP contribution in [0.2, 0.25) is 0 Å². The molecule has 1 saturated carbocycles. The van der Waals surface area contributed by atoms with Crippen molar-refractivity contribution >= 4 is 5.91 Å².